The van der Waals surface area contributed by atoms with E-state index in [1.165, 1.54) is 18.2 Å². The van der Waals surface area contributed by atoms with E-state index in [0.29, 0.717) is 11.4 Å². The van der Waals surface area contributed by atoms with Gasteiger partial charge in [-0.3, -0.25) is 4.79 Å². The van der Waals surface area contributed by atoms with Crippen molar-refractivity contribution < 1.29 is 14.3 Å². The van der Waals surface area contributed by atoms with Crippen LogP contribution < -0.4 is 5.32 Å². The van der Waals surface area contributed by atoms with Gasteiger partial charge in [0, 0.05) is 31.9 Å². The molecule has 33 heavy (non-hydrogen) atoms. The second-order valence-electron chi connectivity index (χ2n) is 9.76. The van der Waals surface area contributed by atoms with Gasteiger partial charge in [0.1, 0.15) is 17.1 Å². The van der Waals surface area contributed by atoms with Gasteiger partial charge in [0.25, 0.3) is 5.91 Å². The topological polar surface area (TPSA) is 85.0 Å². The predicted octanol–water partition coefficient (Wildman–Crippen LogP) is 4.52. The Hall–Kier alpha value is -2.71. The molecule has 174 valence electrons. The number of aromatic nitrogens is 4. The van der Waals surface area contributed by atoms with Crippen LogP contribution in [0.15, 0.2) is 37.1 Å². The molecule has 5 rings (SSSR count). The first-order chi connectivity index (χ1) is 15.7. The van der Waals surface area contributed by atoms with E-state index in [1.807, 2.05) is 17.8 Å². The molecule has 3 aromatic rings. The largest absolute Gasteiger partial charge is 0.383 e. The van der Waals surface area contributed by atoms with Crippen LogP contribution in [-0.4, -0.2) is 30.1 Å². The second-order valence-corrected chi connectivity index (χ2v) is 10.2. The number of anilines is 1. The fraction of sp³-hybridized carbons (Fsp3) is 0.458. The van der Waals surface area contributed by atoms with Gasteiger partial charge >= 0.3 is 0 Å². The maximum absolute atomic E-state index is 13.4. The van der Waals surface area contributed by atoms with Crippen LogP contribution in [0, 0.1) is 11.2 Å². The molecule has 2 aliphatic carbocycles. The Morgan fingerprint density at radius 2 is 1.94 bits per heavy atom. The quantitative estimate of drug-likeness (QED) is 0.585. The summed E-state index contributed by atoms with van der Waals surface area (Å²) in [5, 5.41) is 13.8. The lowest BCUT2D eigenvalue weighted by Gasteiger charge is -2.55. The fourth-order valence-corrected chi connectivity index (χ4v) is 5.85. The van der Waals surface area contributed by atoms with Gasteiger partial charge in [-0.25, -0.2) is 14.4 Å². The van der Waals surface area contributed by atoms with E-state index in [1.54, 1.807) is 24.3 Å². The number of aryl methyl sites for hydroxylation is 2. The van der Waals surface area contributed by atoms with E-state index in [2.05, 4.69) is 15.3 Å². The Morgan fingerprint density at radius 3 is 2.58 bits per heavy atom. The highest BCUT2D eigenvalue weighted by molar-refractivity contribution is 6.31. The van der Waals surface area contributed by atoms with Gasteiger partial charge in [0.05, 0.1) is 29.1 Å². The lowest BCUT2D eigenvalue weighted by Crippen LogP contribution is -2.51. The maximum Gasteiger partial charge on any atom is 0.274 e. The molecule has 1 amide bonds. The summed E-state index contributed by atoms with van der Waals surface area (Å²) in [6.45, 7) is 0. The number of nitrogens with one attached hydrogen (secondary N) is 1. The zero-order valence-corrected chi connectivity index (χ0v) is 19.4. The third kappa shape index (κ3) is 3.95. The van der Waals surface area contributed by atoms with Crippen molar-refractivity contribution in [2.45, 2.75) is 50.0 Å². The van der Waals surface area contributed by atoms with Crippen molar-refractivity contribution in [3.63, 3.8) is 0 Å². The molecule has 2 fully saturated rings. The highest BCUT2D eigenvalue weighted by Gasteiger charge is 2.56. The summed E-state index contributed by atoms with van der Waals surface area (Å²) in [7, 11) is 3.71. The van der Waals surface area contributed by atoms with Crippen molar-refractivity contribution in [1.82, 2.24) is 19.1 Å². The van der Waals surface area contributed by atoms with E-state index in [-0.39, 0.29) is 22.3 Å². The highest BCUT2D eigenvalue weighted by Crippen LogP contribution is 2.61. The Morgan fingerprint density at radius 1 is 1.21 bits per heavy atom. The highest BCUT2D eigenvalue weighted by atomic mass is 35.5. The molecule has 1 spiro atoms. The predicted molar refractivity (Wildman–Crippen MR) is 123 cm³/mol. The summed E-state index contributed by atoms with van der Waals surface area (Å²) in [5.41, 5.74) is 1.78. The molecule has 2 N–H and O–H groups in total. The third-order valence-electron chi connectivity index (χ3n) is 7.31. The Balaban J connectivity index is 1.26. The van der Waals surface area contributed by atoms with Gasteiger partial charge < -0.3 is 19.6 Å². The lowest BCUT2D eigenvalue weighted by molar-refractivity contribution is -0.153. The number of halogens is 2. The van der Waals surface area contributed by atoms with Crippen molar-refractivity contribution >= 4 is 23.2 Å². The number of imidazole rings is 2. The summed E-state index contributed by atoms with van der Waals surface area (Å²) in [6.07, 6.45) is 10.5. The van der Waals surface area contributed by atoms with Gasteiger partial charge in [0.2, 0.25) is 0 Å². The first-order valence-electron chi connectivity index (χ1n) is 11.2. The number of aliphatic hydroxyl groups is 1. The van der Waals surface area contributed by atoms with Gasteiger partial charge in [-0.05, 0) is 62.1 Å². The average Bonchev–Trinajstić information content (AvgIpc) is 3.36. The van der Waals surface area contributed by atoms with Crippen LogP contribution in [0.3, 0.4) is 0 Å². The smallest absolute Gasteiger partial charge is 0.274 e. The molecule has 0 bridgehead atoms. The van der Waals surface area contributed by atoms with Gasteiger partial charge in [-0.15, -0.1) is 0 Å². The normalized spacial score (nSPS) is 26.9. The molecule has 2 heterocycles. The molecular formula is C24H27ClFN5O2. The van der Waals surface area contributed by atoms with Crippen molar-refractivity contribution in [3.05, 3.63) is 65.0 Å². The first kappa shape index (κ1) is 22.1. The van der Waals surface area contributed by atoms with Gasteiger partial charge in [-0.1, -0.05) is 11.6 Å². The molecule has 0 atom stereocenters. The second kappa shape index (κ2) is 7.95. The maximum atomic E-state index is 13.4. The number of hydrogen-bond acceptors (Lipinski definition) is 4. The molecule has 2 aromatic heterocycles. The summed E-state index contributed by atoms with van der Waals surface area (Å²) >= 11 is 5.85. The minimum absolute atomic E-state index is 0.0400. The van der Waals surface area contributed by atoms with Crippen molar-refractivity contribution in [3.8, 4) is 0 Å². The van der Waals surface area contributed by atoms with Crippen molar-refractivity contribution in [2.75, 3.05) is 5.32 Å². The fourth-order valence-electron chi connectivity index (χ4n) is 5.67. The summed E-state index contributed by atoms with van der Waals surface area (Å²) < 4.78 is 17.0. The lowest BCUT2D eigenvalue weighted by atomic mass is 9.51. The molecule has 2 aliphatic rings. The number of hydrogen-bond donors (Lipinski definition) is 2. The minimum atomic E-state index is -0.833. The van der Waals surface area contributed by atoms with Crippen LogP contribution in [-0.2, 0) is 19.7 Å². The van der Waals surface area contributed by atoms with Crippen LogP contribution in [0.4, 0.5) is 10.1 Å². The molecule has 0 unspecified atom stereocenters. The minimum Gasteiger partial charge on any atom is -0.383 e. The summed E-state index contributed by atoms with van der Waals surface area (Å²) in [5.74, 6) is -0.642. The number of carbonyl (C=O) groups excluding carboxylic acids is 1. The molecule has 9 heteroatoms. The van der Waals surface area contributed by atoms with Crippen LogP contribution in [0.25, 0.3) is 0 Å². The van der Waals surface area contributed by atoms with Crippen LogP contribution >= 0.6 is 11.6 Å². The SMILES string of the molecule is Cn1cnc(C2(O)CC3(CCC(c4ncn(C)c4C(=O)Nc4ccc(F)c(Cl)c4)CC3)C2)c1. The monoisotopic (exact) mass is 471 g/mol. The number of benzene rings is 1. The Labute approximate surface area is 196 Å². The number of carbonyl (C=O) groups is 1. The summed E-state index contributed by atoms with van der Waals surface area (Å²) in [4.78, 5) is 22.0. The molecular weight excluding hydrogens is 445 g/mol. The third-order valence-corrected chi connectivity index (χ3v) is 7.60. The van der Waals surface area contributed by atoms with Crippen molar-refractivity contribution in [2.24, 2.45) is 19.5 Å². The molecule has 2 saturated carbocycles. The average molecular weight is 472 g/mol. The van der Waals surface area contributed by atoms with E-state index < -0.39 is 11.4 Å². The molecule has 0 radical (unpaired) electrons. The Bertz CT molecular complexity index is 1200. The first-order valence-corrected chi connectivity index (χ1v) is 11.5. The molecule has 0 saturated heterocycles. The van der Waals surface area contributed by atoms with E-state index in [4.69, 9.17) is 11.6 Å². The van der Waals surface area contributed by atoms with Gasteiger partial charge in [-0.2, -0.15) is 0 Å². The summed E-state index contributed by atoms with van der Waals surface area (Å²) in [6, 6.07) is 4.11. The number of nitrogens with zero attached hydrogens (tertiary/aromatic N) is 4. The van der Waals surface area contributed by atoms with Gasteiger partial charge in [0.15, 0.2) is 0 Å². The molecule has 7 nitrogen and oxygen atoms in total. The zero-order chi connectivity index (χ0) is 23.4. The van der Waals surface area contributed by atoms with Crippen LogP contribution in [0.2, 0.25) is 5.02 Å². The number of amides is 1. The molecule has 0 aliphatic heterocycles. The molecule has 1 aromatic carbocycles. The standard InChI is InChI=1S/C24H27ClFN5O2/c1-30-10-19(27-13-30)24(33)11-23(12-24)7-5-15(6-8-23)20-21(31(2)14-28-20)22(32)29-16-3-4-18(26)17(25)9-16/h3-4,9-10,13-15,33H,5-8,11-12H2,1-2H3,(H,29,32). The van der Waals surface area contributed by atoms with Crippen LogP contribution in [0.1, 0.15) is 66.3 Å². The zero-order valence-electron chi connectivity index (χ0n) is 18.7. The van der Waals surface area contributed by atoms with Crippen molar-refractivity contribution in [1.29, 1.82) is 0 Å². The number of rotatable bonds is 4. The van der Waals surface area contributed by atoms with Crippen LogP contribution in [0.5, 0.6) is 0 Å². The van der Waals surface area contributed by atoms with E-state index in [9.17, 15) is 14.3 Å². The van der Waals surface area contributed by atoms with E-state index in [0.717, 1.165) is 49.9 Å². The van der Waals surface area contributed by atoms with E-state index >= 15 is 0 Å². The Kier molecular flexibility index (Phi) is 5.33.